The highest BCUT2D eigenvalue weighted by Gasteiger charge is 1.97. The van der Waals surface area contributed by atoms with Crippen molar-refractivity contribution in [2.24, 2.45) is 0 Å². The molecule has 0 spiro atoms. The number of rotatable bonds is 28. The van der Waals surface area contributed by atoms with Crippen LogP contribution in [-0.2, 0) is 4.79 Å². The van der Waals surface area contributed by atoms with Gasteiger partial charge in [0.1, 0.15) is 0 Å². The minimum absolute atomic E-state index is 0.236. The fourth-order valence-corrected chi connectivity index (χ4v) is 4.53. The van der Waals surface area contributed by atoms with Crippen molar-refractivity contribution in [2.45, 2.75) is 167 Å². The van der Waals surface area contributed by atoms with E-state index < -0.39 is 5.97 Å². The second kappa shape index (κ2) is 28.5. The number of hydrogen-bond donors (Lipinski definition) is 2. The molecule has 3 nitrogen and oxygen atoms in total. The molecule has 0 rings (SSSR count). The smallest absolute Gasteiger partial charge is 0.304 e. The van der Waals surface area contributed by atoms with Crippen LogP contribution in [0.5, 0.6) is 0 Å². The SMILES string of the molecule is CCCCCCCCCCCCCCCCCCCCCCCCCCNCCC(=O)O. The molecule has 32 heavy (non-hydrogen) atoms. The van der Waals surface area contributed by atoms with E-state index in [1.54, 1.807) is 0 Å². The molecule has 0 aromatic carbocycles. The van der Waals surface area contributed by atoms with E-state index in [-0.39, 0.29) is 6.42 Å². The summed E-state index contributed by atoms with van der Waals surface area (Å²) in [5.41, 5.74) is 0. The monoisotopic (exact) mass is 453 g/mol. The van der Waals surface area contributed by atoms with E-state index in [9.17, 15) is 4.79 Å². The van der Waals surface area contributed by atoms with Crippen molar-refractivity contribution < 1.29 is 9.90 Å². The van der Waals surface area contributed by atoms with E-state index in [2.05, 4.69) is 12.2 Å². The fourth-order valence-electron chi connectivity index (χ4n) is 4.53. The number of carboxylic acid groups (broad SMARTS) is 1. The fraction of sp³-hybridized carbons (Fsp3) is 0.966. The summed E-state index contributed by atoms with van der Waals surface area (Å²) in [6.45, 7) is 3.87. The molecular weight excluding hydrogens is 394 g/mol. The molecule has 0 aliphatic rings. The summed E-state index contributed by atoms with van der Waals surface area (Å²) in [7, 11) is 0. The third kappa shape index (κ3) is 29.4. The Kier molecular flexibility index (Phi) is 28.0. The topological polar surface area (TPSA) is 49.3 Å². The average Bonchev–Trinajstić information content (AvgIpc) is 2.78. The molecule has 0 heterocycles. The van der Waals surface area contributed by atoms with Crippen LogP contribution in [0.2, 0.25) is 0 Å². The van der Waals surface area contributed by atoms with Crippen LogP contribution >= 0.6 is 0 Å². The lowest BCUT2D eigenvalue weighted by atomic mass is 10.0. The van der Waals surface area contributed by atoms with E-state index in [0.717, 1.165) is 6.54 Å². The maximum absolute atomic E-state index is 10.4. The first kappa shape index (κ1) is 31.4. The number of nitrogens with one attached hydrogen (secondary N) is 1. The van der Waals surface area contributed by atoms with Gasteiger partial charge in [0, 0.05) is 6.54 Å². The van der Waals surface area contributed by atoms with Gasteiger partial charge < -0.3 is 10.4 Å². The second-order valence-corrected chi connectivity index (χ2v) is 10.0. The molecule has 0 aliphatic carbocycles. The summed E-state index contributed by atoms with van der Waals surface area (Å²) >= 11 is 0. The molecule has 0 aliphatic heterocycles. The van der Waals surface area contributed by atoms with Gasteiger partial charge in [-0.2, -0.15) is 0 Å². The summed E-state index contributed by atoms with van der Waals surface area (Å²) < 4.78 is 0. The van der Waals surface area contributed by atoms with Crippen LogP contribution in [0.1, 0.15) is 167 Å². The number of carbonyl (C=O) groups is 1. The van der Waals surface area contributed by atoms with Gasteiger partial charge in [-0.05, 0) is 13.0 Å². The van der Waals surface area contributed by atoms with Crippen LogP contribution in [0.25, 0.3) is 0 Å². The zero-order valence-corrected chi connectivity index (χ0v) is 21.9. The quantitative estimate of drug-likeness (QED) is 0.116. The molecule has 3 heteroatoms. The highest BCUT2D eigenvalue weighted by atomic mass is 16.4. The maximum Gasteiger partial charge on any atom is 0.304 e. The van der Waals surface area contributed by atoms with E-state index in [1.807, 2.05) is 0 Å². The molecule has 0 saturated heterocycles. The minimum atomic E-state index is -0.711. The Labute approximate surface area is 201 Å². The Balaban J connectivity index is 3.00. The predicted molar refractivity (Wildman–Crippen MR) is 142 cm³/mol. The van der Waals surface area contributed by atoms with Crippen LogP contribution in [0.15, 0.2) is 0 Å². The van der Waals surface area contributed by atoms with Crippen molar-refractivity contribution in [3.8, 4) is 0 Å². The number of hydrogen-bond acceptors (Lipinski definition) is 2. The van der Waals surface area contributed by atoms with Crippen LogP contribution in [-0.4, -0.2) is 24.2 Å². The van der Waals surface area contributed by atoms with Gasteiger partial charge >= 0.3 is 5.97 Å². The van der Waals surface area contributed by atoms with Crippen LogP contribution in [0, 0.1) is 0 Å². The zero-order chi connectivity index (χ0) is 23.4. The van der Waals surface area contributed by atoms with E-state index in [4.69, 9.17) is 5.11 Å². The molecule has 0 fully saturated rings. The van der Waals surface area contributed by atoms with Crippen LogP contribution in [0.4, 0.5) is 0 Å². The predicted octanol–water partition coefficient (Wildman–Crippen LogP) is 9.43. The molecule has 0 atom stereocenters. The standard InChI is InChI=1S/C29H59NO2/c1-2-3-4-5-6-7-8-9-10-11-12-13-14-15-16-17-18-19-20-21-22-23-24-25-27-30-28-26-29(31)32/h30H,2-28H2,1H3,(H,31,32). The normalized spacial score (nSPS) is 11.3. The summed E-state index contributed by atoms with van der Waals surface area (Å²) in [5.74, 6) is -0.711. The van der Waals surface area contributed by atoms with Crippen molar-refractivity contribution in [3.05, 3.63) is 0 Å². The van der Waals surface area contributed by atoms with Gasteiger partial charge in [-0.25, -0.2) is 0 Å². The Bertz CT molecular complexity index is 359. The first-order chi connectivity index (χ1) is 15.8. The van der Waals surface area contributed by atoms with E-state index >= 15 is 0 Å². The van der Waals surface area contributed by atoms with Crippen molar-refractivity contribution in [1.82, 2.24) is 5.32 Å². The Morgan fingerprint density at radius 1 is 0.469 bits per heavy atom. The summed E-state index contributed by atoms with van der Waals surface area (Å²) in [6.07, 6.45) is 34.3. The molecule has 0 bridgehead atoms. The molecule has 0 saturated carbocycles. The lowest BCUT2D eigenvalue weighted by Crippen LogP contribution is -2.19. The van der Waals surface area contributed by atoms with Crippen molar-refractivity contribution in [1.29, 1.82) is 0 Å². The third-order valence-corrected chi connectivity index (χ3v) is 6.72. The number of unbranched alkanes of at least 4 members (excludes halogenated alkanes) is 23. The highest BCUT2D eigenvalue weighted by molar-refractivity contribution is 5.66. The van der Waals surface area contributed by atoms with Gasteiger partial charge in [-0.3, -0.25) is 4.79 Å². The summed E-state index contributed by atoms with van der Waals surface area (Å²) in [6, 6.07) is 0. The lowest BCUT2D eigenvalue weighted by Gasteiger charge is -2.05. The largest absolute Gasteiger partial charge is 0.481 e. The van der Waals surface area contributed by atoms with Gasteiger partial charge in [-0.1, -0.05) is 155 Å². The van der Waals surface area contributed by atoms with Crippen molar-refractivity contribution >= 4 is 5.97 Å². The van der Waals surface area contributed by atoms with Gasteiger partial charge in [0.15, 0.2) is 0 Å². The van der Waals surface area contributed by atoms with Gasteiger partial charge in [0.25, 0.3) is 0 Å². The molecule has 2 N–H and O–H groups in total. The molecule has 0 radical (unpaired) electrons. The molecule has 0 unspecified atom stereocenters. The van der Waals surface area contributed by atoms with E-state index in [0.29, 0.717) is 6.54 Å². The Hall–Kier alpha value is -0.570. The van der Waals surface area contributed by atoms with E-state index in [1.165, 1.54) is 154 Å². The molecule has 192 valence electrons. The first-order valence-electron chi connectivity index (χ1n) is 14.7. The van der Waals surface area contributed by atoms with Crippen LogP contribution < -0.4 is 5.32 Å². The first-order valence-corrected chi connectivity index (χ1v) is 14.7. The van der Waals surface area contributed by atoms with Gasteiger partial charge in [0.05, 0.1) is 6.42 Å². The Morgan fingerprint density at radius 2 is 0.750 bits per heavy atom. The van der Waals surface area contributed by atoms with Gasteiger partial charge in [-0.15, -0.1) is 0 Å². The second-order valence-electron chi connectivity index (χ2n) is 10.0. The highest BCUT2D eigenvalue weighted by Crippen LogP contribution is 2.15. The zero-order valence-electron chi connectivity index (χ0n) is 21.9. The van der Waals surface area contributed by atoms with Crippen molar-refractivity contribution in [2.75, 3.05) is 13.1 Å². The minimum Gasteiger partial charge on any atom is -0.481 e. The van der Waals surface area contributed by atoms with Crippen LogP contribution in [0.3, 0.4) is 0 Å². The molecule has 0 aromatic rings. The van der Waals surface area contributed by atoms with Crippen molar-refractivity contribution in [3.63, 3.8) is 0 Å². The van der Waals surface area contributed by atoms with Gasteiger partial charge in [0.2, 0.25) is 0 Å². The maximum atomic E-state index is 10.4. The number of aliphatic carboxylic acids is 1. The number of carboxylic acids is 1. The molecule has 0 amide bonds. The lowest BCUT2D eigenvalue weighted by molar-refractivity contribution is -0.136. The summed E-state index contributed by atoms with van der Waals surface area (Å²) in [4.78, 5) is 10.4. The Morgan fingerprint density at radius 3 is 1.03 bits per heavy atom. The third-order valence-electron chi connectivity index (χ3n) is 6.72. The molecule has 0 aromatic heterocycles. The average molecular weight is 454 g/mol. The summed E-state index contributed by atoms with van der Waals surface area (Å²) in [5, 5.41) is 11.8. The molecular formula is C29H59NO2.